The minimum atomic E-state index is -0.0687. The Labute approximate surface area is 133 Å². The molecular weight excluding hydrogens is 302 g/mol. The highest BCUT2D eigenvalue weighted by Crippen LogP contribution is 2.22. The Balaban J connectivity index is 1.80. The number of ketones is 1. The first-order valence-corrected chi connectivity index (χ1v) is 8.57. The van der Waals surface area contributed by atoms with Crippen molar-refractivity contribution < 1.29 is 9.59 Å². The number of amides is 1. The van der Waals surface area contributed by atoms with Crippen LogP contribution in [0.5, 0.6) is 0 Å². The number of hydrogen-bond acceptors (Lipinski definition) is 4. The second-order valence-corrected chi connectivity index (χ2v) is 7.51. The molecule has 0 saturated carbocycles. The van der Waals surface area contributed by atoms with E-state index in [-0.39, 0.29) is 24.5 Å². The lowest BCUT2D eigenvalue weighted by molar-refractivity contribution is -0.121. The third-order valence-electron chi connectivity index (χ3n) is 3.33. The zero-order chi connectivity index (χ0) is 15.4. The Morgan fingerprint density at radius 1 is 1.19 bits per heavy atom. The summed E-state index contributed by atoms with van der Waals surface area (Å²) in [5, 5.41) is 4.89. The quantitative estimate of drug-likeness (QED) is 0.817. The number of carbonyl (C=O) groups excluding carboxylic acids is 2. The van der Waals surface area contributed by atoms with Gasteiger partial charge in [0.25, 0.3) is 0 Å². The molecular formula is C16H19NO2S2. The van der Waals surface area contributed by atoms with E-state index in [0.29, 0.717) is 6.54 Å². The van der Waals surface area contributed by atoms with E-state index in [1.165, 1.54) is 10.4 Å². The van der Waals surface area contributed by atoms with Gasteiger partial charge >= 0.3 is 0 Å². The molecule has 1 N–H and O–H groups in total. The molecule has 5 heteroatoms. The van der Waals surface area contributed by atoms with Gasteiger partial charge < -0.3 is 5.32 Å². The molecule has 0 aromatic carbocycles. The first kappa shape index (κ1) is 15.9. The van der Waals surface area contributed by atoms with E-state index in [2.05, 4.69) is 5.32 Å². The van der Waals surface area contributed by atoms with Crippen LogP contribution in [0.15, 0.2) is 17.5 Å². The lowest BCUT2D eigenvalue weighted by Crippen LogP contribution is -2.23. The van der Waals surface area contributed by atoms with Crippen LogP contribution in [0.4, 0.5) is 0 Å². The number of nitrogens with one attached hydrogen (secondary N) is 1. The van der Waals surface area contributed by atoms with E-state index >= 15 is 0 Å². The molecule has 21 heavy (non-hydrogen) atoms. The molecule has 0 fully saturated rings. The van der Waals surface area contributed by atoms with Crippen LogP contribution in [-0.2, 0) is 11.3 Å². The van der Waals surface area contributed by atoms with Crippen molar-refractivity contribution in [3.05, 3.63) is 43.3 Å². The predicted molar refractivity (Wildman–Crippen MR) is 88.3 cm³/mol. The van der Waals surface area contributed by atoms with Crippen LogP contribution in [0.2, 0.25) is 0 Å². The first-order chi connectivity index (χ1) is 9.97. The highest BCUT2D eigenvalue weighted by atomic mass is 32.1. The molecule has 0 aliphatic heterocycles. The number of thiophene rings is 2. The number of carbonyl (C=O) groups is 2. The molecule has 0 saturated heterocycles. The van der Waals surface area contributed by atoms with Crippen molar-refractivity contribution in [1.82, 2.24) is 5.32 Å². The second-order valence-electron chi connectivity index (χ2n) is 5.05. The molecule has 3 nitrogen and oxygen atoms in total. The minimum Gasteiger partial charge on any atom is -0.351 e. The number of Topliss-reactive ketones (excluding diaryl/α,β-unsaturated/α-hetero) is 1. The lowest BCUT2D eigenvalue weighted by atomic mass is 10.1. The molecule has 1 amide bonds. The lowest BCUT2D eigenvalue weighted by Gasteiger charge is -2.04. The number of rotatable bonds is 6. The van der Waals surface area contributed by atoms with Crippen LogP contribution >= 0.6 is 22.7 Å². The van der Waals surface area contributed by atoms with E-state index in [1.807, 2.05) is 38.3 Å². The van der Waals surface area contributed by atoms with Gasteiger partial charge in [-0.1, -0.05) is 0 Å². The monoisotopic (exact) mass is 321 g/mol. The van der Waals surface area contributed by atoms with Gasteiger partial charge in [-0.3, -0.25) is 9.59 Å². The Morgan fingerprint density at radius 3 is 2.52 bits per heavy atom. The van der Waals surface area contributed by atoms with Gasteiger partial charge in [0, 0.05) is 33.0 Å². The summed E-state index contributed by atoms with van der Waals surface area (Å²) in [7, 11) is 0. The van der Waals surface area contributed by atoms with Crippen molar-refractivity contribution in [2.75, 3.05) is 0 Å². The van der Waals surface area contributed by atoms with Gasteiger partial charge in [0.1, 0.15) is 0 Å². The van der Waals surface area contributed by atoms with Gasteiger partial charge in [-0.25, -0.2) is 0 Å². The van der Waals surface area contributed by atoms with E-state index in [9.17, 15) is 9.59 Å². The van der Waals surface area contributed by atoms with E-state index in [1.54, 1.807) is 22.7 Å². The van der Waals surface area contributed by atoms with Crippen LogP contribution in [-0.4, -0.2) is 11.7 Å². The molecule has 2 aromatic rings. The predicted octanol–water partition coefficient (Wildman–Crippen LogP) is 4.01. The van der Waals surface area contributed by atoms with Gasteiger partial charge in [-0.15, -0.1) is 22.7 Å². The fraction of sp³-hybridized carbons (Fsp3) is 0.375. The van der Waals surface area contributed by atoms with Crippen LogP contribution in [0.25, 0.3) is 0 Å². The normalized spacial score (nSPS) is 10.6. The summed E-state index contributed by atoms with van der Waals surface area (Å²) in [5.74, 6) is -0.0138. The highest BCUT2D eigenvalue weighted by molar-refractivity contribution is 7.12. The average molecular weight is 321 g/mol. The third kappa shape index (κ3) is 4.25. The standard InChI is InChI=1S/C16H19NO2S2/c1-10-6-7-20-15(10)9-17-16(19)5-4-14(18)13-8-11(2)21-12(13)3/h6-8H,4-5,9H2,1-3H3,(H,17,19). The Kier molecular flexibility index (Phi) is 5.31. The van der Waals surface area contributed by atoms with Crippen molar-refractivity contribution in [2.45, 2.75) is 40.2 Å². The van der Waals surface area contributed by atoms with Crippen molar-refractivity contribution >= 4 is 34.4 Å². The summed E-state index contributed by atoms with van der Waals surface area (Å²) in [5.41, 5.74) is 1.96. The summed E-state index contributed by atoms with van der Waals surface area (Å²) < 4.78 is 0. The van der Waals surface area contributed by atoms with Crippen LogP contribution in [0.3, 0.4) is 0 Å². The zero-order valence-electron chi connectivity index (χ0n) is 12.5. The Bertz CT molecular complexity index is 655. The minimum absolute atomic E-state index is 0.0549. The molecule has 0 atom stereocenters. The Morgan fingerprint density at radius 2 is 1.95 bits per heavy atom. The molecule has 2 rings (SSSR count). The van der Waals surface area contributed by atoms with Gasteiger partial charge in [0.15, 0.2) is 5.78 Å². The maximum absolute atomic E-state index is 12.1. The fourth-order valence-corrected chi connectivity index (χ4v) is 3.91. The first-order valence-electron chi connectivity index (χ1n) is 6.87. The van der Waals surface area contributed by atoms with Crippen molar-refractivity contribution in [3.63, 3.8) is 0 Å². The van der Waals surface area contributed by atoms with Crippen LogP contribution in [0, 0.1) is 20.8 Å². The summed E-state index contributed by atoms with van der Waals surface area (Å²) in [4.78, 5) is 27.3. The maximum atomic E-state index is 12.1. The molecule has 0 radical (unpaired) electrons. The van der Waals surface area contributed by atoms with Gasteiger partial charge in [-0.05, 0) is 43.8 Å². The van der Waals surface area contributed by atoms with E-state index in [0.717, 1.165) is 15.3 Å². The summed E-state index contributed by atoms with van der Waals surface area (Å²) >= 11 is 3.26. The maximum Gasteiger partial charge on any atom is 0.220 e. The molecule has 0 aliphatic rings. The van der Waals surface area contributed by atoms with Crippen molar-refractivity contribution in [1.29, 1.82) is 0 Å². The van der Waals surface area contributed by atoms with E-state index in [4.69, 9.17) is 0 Å². The molecule has 2 heterocycles. The Hall–Kier alpha value is -1.46. The number of aryl methyl sites for hydroxylation is 3. The van der Waals surface area contributed by atoms with Crippen LogP contribution in [0.1, 0.15) is 43.4 Å². The third-order valence-corrected chi connectivity index (χ3v) is 5.32. The molecule has 0 aliphatic carbocycles. The average Bonchev–Trinajstić information content (AvgIpc) is 2.99. The smallest absolute Gasteiger partial charge is 0.220 e. The summed E-state index contributed by atoms with van der Waals surface area (Å²) in [6.45, 7) is 6.52. The molecule has 0 bridgehead atoms. The largest absolute Gasteiger partial charge is 0.351 e. The number of hydrogen-bond donors (Lipinski definition) is 1. The molecule has 0 unspecified atom stereocenters. The summed E-state index contributed by atoms with van der Waals surface area (Å²) in [6, 6.07) is 3.95. The molecule has 2 aromatic heterocycles. The van der Waals surface area contributed by atoms with Crippen molar-refractivity contribution in [3.8, 4) is 0 Å². The van der Waals surface area contributed by atoms with Gasteiger partial charge in [-0.2, -0.15) is 0 Å². The van der Waals surface area contributed by atoms with Gasteiger partial charge in [0.05, 0.1) is 6.54 Å². The topological polar surface area (TPSA) is 46.2 Å². The fourth-order valence-electron chi connectivity index (χ4n) is 2.12. The summed E-state index contributed by atoms with van der Waals surface area (Å²) in [6.07, 6.45) is 0.518. The molecule has 112 valence electrons. The van der Waals surface area contributed by atoms with E-state index < -0.39 is 0 Å². The van der Waals surface area contributed by atoms with Gasteiger partial charge in [0.2, 0.25) is 5.91 Å². The zero-order valence-corrected chi connectivity index (χ0v) is 14.1. The molecule has 0 spiro atoms. The highest BCUT2D eigenvalue weighted by Gasteiger charge is 2.13. The SMILES string of the molecule is Cc1cc(C(=O)CCC(=O)NCc2sccc2C)c(C)s1. The van der Waals surface area contributed by atoms with Crippen molar-refractivity contribution in [2.24, 2.45) is 0 Å². The second kappa shape index (κ2) is 7.00. The van der Waals surface area contributed by atoms with Crippen LogP contribution < -0.4 is 5.32 Å².